The Hall–Kier alpha value is -2.15. The molecular weight excluding hydrogens is 338 g/mol. The van der Waals surface area contributed by atoms with Crippen molar-refractivity contribution in [2.45, 2.75) is 12.8 Å². The molecule has 1 aliphatic carbocycles. The first-order chi connectivity index (χ1) is 10.1. The number of halogens is 1. The van der Waals surface area contributed by atoms with Crippen LogP contribution in [-0.4, -0.2) is 16.8 Å². The standard InChI is InChI=1S/C14H12BrN3O3/c15-9-3-5-10(6-4-9)16-13(20)11-7-21-14(17-11)18-12(19)8-1-2-8/h3-8H,1-2H2,(H,16,20)(H,17,18,19). The van der Waals surface area contributed by atoms with Crippen LogP contribution in [0.1, 0.15) is 23.3 Å². The fourth-order valence-corrected chi connectivity index (χ4v) is 1.98. The summed E-state index contributed by atoms with van der Waals surface area (Å²) in [6.07, 6.45) is 3.00. The summed E-state index contributed by atoms with van der Waals surface area (Å²) in [5, 5.41) is 5.24. The fraction of sp³-hybridized carbons (Fsp3) is 0.214. The molecule has 21 heavy (non-hydrogen) atoms. The number of anilines is 2. The van der Waals surface area contributed by atoms with Crippen LogP contribution < -0.4 is 10.6 Å². The monoisotopic (exact) mass is 349 g/mol. The van der Waals surface area contributed by atoms with Crippen molar-refractivity contribution in [2.24, 2.45) is 5.92 Å². The third-order valence-corrected chi connectivity index (χ3v) is 3.55. The van der Waals surface area contributed by atoms with Gasteiger partial charge >= 0.3 is 6.01 Å². The largest absolute Gasteiger partial charge is 0.431 e. The van der Waals surface area contributed by atoms with Gasteiger partial charge in [-0.25, -0.2) is 0 Å². The number of nitrogens with zero attached hydrogens (tertiary/aromatic N) is 1. The molecule has 2 N–H and O–H groups in total. The highest BCUT2D eigenvalue weighted by Gasteiger charge is 2.30. The Bertz CT molecular complexity index is 677. The van der Waals surface area contributed by atoms with Crippen LogP contribution in [0.25, 0.3) is 0 Å². The number of oxazole rings is 1. The van der Waals surface area contributed by atoms with E-state index in [-0.39, 0.29) is 23.5 Å². The van der Waals surface area contributed by atoms with E-state index < -0.39 is 5.91 Å². The molecule has 0 aliphatic heterocycles. The normalized spacial score (nSPS) is 13.8. The quantitative estimate of drug-likeness (QED) is 0.888. The fourth-order valence-electron chi connectivity index (χ4n) is 1.72. The van der Waals surface area contributed by atoms with Crippen molar-refractivity contribution < 1.29 is 14.0 Å². The predicted molar refractivity (Wildman–Crippen MR) is 80.0 cm³/mol. The van der Waals surface area contributed by atoms with Crippen molar-refractivity contribution in [1.82, 2.24) is 4.98 Å². The van der Waals surface area contributed by atoms with Crippen molar-refractivity contribution >= 4 is 39.4 Å². The molecule has 2 aromatic rings. The molecule has 1 aromatic carbocycles. The van der Waals surface area contributed by atoms with E-state index in [1.807, 2.05) is 12.1 Å². The number of hydrogen-bond donors (Lipinski definition) is 2. The van der Waals surface area contributed by atoms with E-state index in [9.17, 15) is 9.59 Å². The Morgan fingerprint density at radius 1 is 1.19 bits per heavy atom. The van der Waals surface area contributed by atoms with Crippen LogP contribution in [-0.2, 0) is 4.79 Å². The maximum absolute atomic E-state index is 12.0. The molecule has 1 heterocycles. The summed E-state index contributed by atoms with van der Waals surface area (Å²) >= 11 is 3.32. The van der Waals surface area contributed by atoms with Crippen LogP contribution in [0.2, 0.25) is 0 Å². The van der Waals surface area contributed by atoms with Crippen LogP contribution in [0.3, 0.4) is 0 Å². The second-order valence-corrected chi connectivity index (χ2v) is 5.68. The van der Waals surface area contributed by atoms with Crippen LogP contribution in [0.15, 0.2) is 39.4 Å². The Morgan fingerprint density at radius 2 is 1.90 bits per heavy atom. The molecule has 0 radical (unpaired) electrons. The summed E-state index contributed by atoms with van der Waals surface area (Å²) < 4.78 is 6.00. The van der Waals surface area contributed by atoms with E-state index in [0.29, 0.717) is 5.69 Å². The van der Waals surface area contributed by atoms with Gasteiger partial charge < -0.3 is 9.73 Å². The van der Waals surface area contributed by atoms with Gasteiger partial charge in [0.25, 0.3) is 5.91 Å². The minimum atomic E-state index is -0.395. The minimum Gasteiger partial charge on any atom is -0.431 e. The first kappa shape index (κ1) is 13.8. The Balaban J connectivity index is 1.63. The smallest absolute Gasteiger partial charge is 0.302 e. The number of amides is 2. The lowest BCUT2D eigenvalue weighted by atomic mass is 10.3. The van der Waals surface area contributed by atoms with Crippen LogP contribution in [0, 0.1) is 5.92 Å². The topological polar surface area (TPSA) is 84.2 Å². The summed E-state index contributed by atoms with van der Waals surface area (Å²) in [6, 6.07) is 7.21. The number of rotatable bonds is 4. The lowest BCUT2D eigenvalue weighted by molar-refractivity contribution is -0.117. The Labute approximate surface area is 129 Å². The van der Waals surface area contributed by atoms with Gasteiger partial charge in [-0.1, -0.05) is 15.9 Å². The molecule has 0 spiro atoms. The number of hydrogen-bond acceptors (Lipinski definition) is 4. The Kier molecular flexibility index (Phi) is 3.74. The zero-order chi connectivity index (χ0) is 14.8. The molecule has 1 saturated carbocycles. The molecular formula is C14H12BrN3O3. The Morgan fingerprint density at radius 3 is 2.57 bits per heavy atom. The molecule has 0 saturated heterocycles. The van der Waals surface area contributed by atoms with Crippen molar-refractivity contribution in [3.63, 3.8) is 0 Å². The number of aromatic nitrogens is 1. The van der Waals surface area contributed by atoms with Crippen molar-refractivity contribution in [1.29, 1.82) is 0 Å². The van der Waals surface area contributed by atoms with Crippen LogP contribution >= 0.6 is 15.9 Å². The molecule has 0 unspecified atom stereocenters. The van der Waals surface area contributed by atoms with E-state index in [1.54, 1.807) is 12.1 Å². The van der Waals surface area contributed by atoms with Gasteiger partial charge in [0.15, 0.2) is 5.69 Å². The maximum Gasteiger partial charge on any atom is 0.302 e. The highest BCUT2D eigenvalue weighted by Crippen LogP contribution is 2.30. The highest BCUT2D eigenvalue weighted by molar-refractivity contribution is 9.10. The number of carbonyl (C=O) groups excluding carboxylic acids is 2. The minimum absolute atomic E-state index is 0.0489. The van der Waals surface area contributed by atoms with Gasteiger partial charge in [-0.3, -0.25) is 14.9 Å². The summed E-state index contributed by atoms with van der Waals surface area (Å²) in [6.45, 7) is 0. The van der Waals surface area contributed by atoms with Crippen molar-refractivity contribution in [2.75, 3.05) is 10.6 Å². The molecule has 2 amide bonds. The third-order valence-electron chi connectivity index (χ3n) is 3.02. The first-order valence-electron chi connectivity index (χ1n) is 6.45. The highest BCUT2D eigenvalue weighted by atomic mass is 79.9. The molecule has 0 bridgehead atoms. The number of carbonyl (C=O) groups is 2. The summed E-state index contributed by atoms with van der Waals surface area (Å²) in [7, 11) is 0. The number of nitrogens with one attached hydrogen (secondary N) is 2. The lowest BCUT2D eigenvalue weighted by Crippen LogP contribution is -2.15. The van der Waals surface area contributed by atoms with Gasteiger partial charge in [-0.15, -0.1) is 0 Å². The maximum atomic E-state index is 12.0. The summed E-state index contributed by atoms with van der Waals surface area (Å²) in [5.74, 6) is -0.457. The molecule has 1 fully saturated rings. The average molecular weight is 350 g/mol. The van der Waals surface area contributed by atoms with Gasteiger partial charge in [-0.05, 0) is 37.1 Å². The molecule has 7 heteroatoms. The molecule has 3 rings (SSSR count). The molecule has 0 atom stereocenters. The molecule has 108 valence electrons. The van der Waals surface area contributed by atoms with Gasteiger partial charge in [0, 0.05) is 16.1 Å². The second-order valence-electron chi connectivity index (χ2n) is 4.76. The third kappa shape index (κ3) is 3.49. The van der Waals surface area contributed by atoms with E-state index in [1.165, 1.54) is 6.26 Å². The summed E-state index contributed by atoms with van der Waals surface area (Å²) in [4.78, 5) is 27.5. The van der Waals surface area contributed by atoms with E-state index in [4.69, 9.17) is 4.42 Å². The van der Waals surface area contributed by atoms with Gasteiger partial charge in [-0.2, -0.15) is 4.98 Å². The second kappa shape index (κ2) is 5.69. The van der Waals surface area contributed by atoms with Crippen LogP contribution in [0.4, 0.5) is 11.7 Å². The van der Waals surface area contributed by atoms with Gasteiger partial charge in [0.05, 0.1) is 0 Å². The molecule has 1 aliphatic rings. The number of benzene rings is 1. The average Bonchev–Trinajstić information content (AvgIpc) is 3.22. The van der Waals surface area contributed by atoms with Gasteiger partial charge in [0.2, 0.25) is 5.91 Å². The zero-order valence-electron chi connectivity index (χ0n) is 10.9. The van der Waals surface area contributed by atoms with E-state index in [2.05, 4.69) is 31.5 Å². The SMILES string of the molecule is O=C(Nc1ccc(Br)cc1)c1coc(NC(=O)C2CC2)n1. The predicted octanol–water partition coefficient (Wildman–Crippen LogP) is 3.04. The zero-order valence-corrected chi connectivity index (χ0v) is 12.5. The van der Waals surface area contributed by atoms with Crippen LogP contribution in [0.5, 0.6) is 0 Å². The lowest BCUT2D eigenvalue weighted by Gasteiger charge is -2.02. The van der Waals surface area contributed by atoms with Crippen molar-refractivity contribution in [3.05, 3.63) is 40.7 Å². The van der Waals surface area contributed by atoms with Gasteiger partial charge in [0.1, 0.15) is 6.26 Å². The molecule has 6 nitrogen and oxygen atoms in total. The first-order valence-corrected chi connectivity index (χ1v) is 7.24. The molecule has 1 aromatic heterocycles. The van der Waals surface area contributed by atoms with Crippen molar-refractivity contribution in [3.8, 4) is 0 Å². The van der Waals surface area contributed by atoms with E-state index in [0.717, 1.165) is 17.3 Å². The summed E-state index contributed by atoms with van der Waals surface area (Å²) in [5.41, 5.74) is 0.763. The van der Waals surface area contributed by atoms with E-state index >= 15 is 0 Å².